The van der Waals surface area contributed by atoms with Gasteiger partial charge in [0.05, 0.1) is 11.7 Å². The highest BCUT2D eigenvalue weighted by atomic mass is 32.2. The van der Waals surface area contributed by atoms with Gasteiger partial charge in [-0.2, -0.15) is 8.78 Å². The van der Waals surface area contributed by atoms with Crippen LogP contribution in [0, 0.1) is 0 Å². The molecule has 20 heavy (non-hydrogen) atoms. The van der Waals surface area contributed by atoms with Crippen LogP contribution < -0.4 is 5.32 Å². The lowest BCUT2D eigenvalue weighted by molar-refractivity contribution is 0.0865. The van der Waals surface area contributed by atoms with E-state index in [1.165, 1.54) is 6.07 Å². The Kier molecular flexibility index (Phi) is 5.37. The molecule has 1 fully saturated rings. The highest BCUT2D eigenvalue weighted by molar-refractivity contribution is 7.99. The smallest absolute Gasteiger partial charge is 0.288 e. The van der Waals surface area contributed by atoms with Gasteiger partial charge in [-0.1, -0.05) is 23.9 Å². The third-order valence-electron chi connectivity index (χ3n) is 3.38. The van der Waals surface area contributed by atoms with Gasteiger partial charge in [0.1, 0.15) is 0 Å². The molecule has 0 unspecified atom stereocenters. The molecule has 0 bridgehead atoms. The zero-order chi connectivity index (χ0) is 14.5. The maximum atomic E-state index is 12.5. The minimum Gasteiger partial charge on any atom is -0.393 e. The van der Waals surface area contributed by atoms with Crippen molar-refractivity contribution in [1.82, 2.24) is 5.32 Å². The second kappa shape index (κ2) is 7.04. The molecular formula is C14H17F2NO2S. The number of hydrogen-bond acceptors (Lipinski definition) is 3. The van der Waals surface area contributed by atoms with Crippen LogP contribution in [0.15, 0.2) is 29.2 Å². The number of carbonyl (C=O) groups is 1. The first kappa shape index (κ1) is 15.3. The first-order chi connectivity index (χ1) is 9.56. The normalized spacial score (nSPS) is 22.8. The largest absolute Gasteiger partial charge is 0.393 e. The van der Waals surface area contributed by atoms with Crippen molar-refractivity contribution < 1.29 is 18.7 Å². The summed E-state index contributed by atoms with van der Waals surface area (Å²) in [5.41, 5.74) is 0.281. The molecule has 1 aliphatic carbocycles. The summed E-state index contributed by atoms with van der Waals surface area (Å²) in [6.45, 7) is 0. The molecule has 1 aliphatic rings. The molecule has 1 amide bonds. The van der Waals surface area contributed by atoms with E-state index in [1.54, 1.807) is 18.2 Å². The average molecular weight is 301 g/mol. The van der Waals surface area contributed by atoms with Crippen molar-refractivity contribution in [3.63, 3.8) is 0 Å². The van der Waals surface area contributed by atoms with E-state index in [2.05, 4.69) is 5.32 Å². The van der Waals surface area contributed by atoms with E-state index in [9.17, 15) is 18.7 Å². The van der Waals surface area contributed by atoms with Crippen LogP contribution in [-0.2, 0) is 0 Å². The van der Waals surface area contributed by atoms with Crippen LogP contribution in [0.4, 0.5) is 8.78 Å². The van der Waals surface area contributed by atoms with E-state index >= 15 is 0 Å². The van der Waals surface area contributed by atoms with Crippen LogP contribution in [0.25, 0.3) is 0 Å². The highest BCUT2D eigenvalue weighted by Gasteiger charge is 2.22. The molecule has 1 aromatic rings. The van der Waals surface area contributed by atoms with E-state index in [4.69, 9.17) is 0 Å². The maximum absolute atomic E-state index is 12.5. The molecule has 2 N–H and O–H groups in total. The van der Waals surface area contributed by atoms with Crippen LogP contribution in [0.5, 0.6) is 0 Å². The van der Waals surface area contributed by atoms with Gasteiger partial charge in [-0.3, -0.25) is 4.79 Å². The van der Waals surface area contributed by atoms with Crippen molar-refractivity contribution in [1.29, 1.82) is 0 Å². The van der Waals surface area contributed by atoms with E-state index in [-0.39, 0.29) is 28.5 Å². The number of rotatable bonds is 4. The van der Waals surface area contributed by atoms with Crippen molar-refractivity contribution >= 4 is 17.7 Å². The molecule has 0 radical (unpaired) electrons. The van der Waals surface area contributed by atoms with Crippen LogP contribution in [0.1, 0.15) is 36.0 Å². The molecular weight excluding hydrogens is 284 g/mol. The number of halogens is 2. The lowest BCUT2D eigenvalue weighted by Crippen LogP contribution is -2.38. The van der Waals surface area contributed by atoms with Crippen molar-refractivity contribution in [3.05, 3.63) is 29.8 Å². The Hall–Kier alpha value is -1.14. The second-order valence-electron chi connectivity index (χ2n) is 4.85. The summed E-state index contributed by atoms with van der Waals surface area (Å²) < 4.78 is 24.9. The number of aliphatic hydroxyl groups excluding tert-OH is 1. The van der Waals surface area contributed by atoms with Crippen LogP contribution in [0.3, 0.4) is 0 Å². The Morgan fingerprint density at radius 3 is 2.55 bits per heavy atom. The van der Waals surface area contributed by atoms with E-state index < -0.39 is 5.76 Å². The SMILES string of the molecule is O=C(NC1CCC(O)CC1)c1ccccc1SC(F)F. The van der Waals surface area contributed by atoms with Gasteiger partial charge in [-0.05, 0) is 37.8 Å². The van der Waals surface area contributed by atoms with E-state index in [0.717, 1.165) is 12.8 Å². The first-order valence-electron chi connectivity index (χ1n) is 6.59. The number of alkyl halides is 2. The Morgan fingerprint density at radius 1 is 1.25 bits per heavy atom. The molecule has 6 heteroatoms. The summed E-state index contributed by atoms with van der Waals surface area (Å²) in [5, 5.41) is 12.3. The number of aliphatic hydroxyl groups is 1. The molecule has 110 valence electrons. The number of benzene rings is 1. The van der Waals surface area contributed by atoms with Gasteiger partial charge >= 0.3 is 0 Å². The number of nitrogens with one attached hydrogen (secondary N) is 1. The molecule has 0 spiro atoms. The Bertz CT molecular complexity index is 462. The molecule has 1 saturated carbocycles. The standard InChI is InChI=1S/C14H17F2NO2S/c15-14(16)20-12-4-2-1-3-11(12)13(19)17-9-5-7-10(18)8-6-9/h1-4,9-10,14,18H,5-8H2,(H,17,19). The summed E-state index contributed by atoms with van der Waals surface area (Å²) in [6.07, 6.45) is 2.48. The fourth-order valence-corrected chi connectivity index (χ4v) is 2.97. The summed E-state index contributed by atoms with van der Waals surface area (Å²) in [6, 6.07) is 6.39. The van der Waals surface area contributed by atoms with Crippen molar-refractivity contribution in [3.8, 4) is 0 Å². The minimum absolute atomic E-state index is 0.00973. The van der Waals surface area contributed by atoms with Gasteiger partial charge in [-0.25, -0.2) is 0 Å². The number of thioether (sulfide) groups is 1. The fourth-order valence-electron chi connectivity index (χ4n) is 2.34. The van der Waals surface area contributed by atoms with Gasteiger partial charge in [0.25, 0.3) is 11.7 Å². The molecule has 3 nitrogen and oxygen atoms in total. The zero-order valence-electron chi connectivity index (χ0n) is 10.9. The number of amides is 1. The maximum Gasteiger partial charge on any atom is 0.288 e. The van der Waals surface area contributed by atoms with Crippen molar-refractivity contribution in [2.24, 2.45) is 0 Å². The second-order valence-corrected chi connectivity index (χ2v) is 5.89. The summed E-state index contributed by atoms with van der Waals surface area (Å²) >= 11 is 0.382. The Morgan fingerprint density at radius 2 is 1.90 bits per heavy atom. The lowest BCUT2D eigenvalue weighted by atomic mass is 9.93. The van der Waals surface area contributed by atoms with Crippen LogP contribution in [0.2, 0.25) is 0 Å². The monoisotopic (exact) mass is 301 g/mol. The summed E-state index contributed by atoms with van der Waals surface area (Å²) in [4.78, 5) is 12.5. The lowest BCUT2D eigenvalue weighted by Gasteiger charge is -2.26. The topological polar surface area (TPSA) is 49.3 Å². The van der Waals surface area contributed by atoms with Crippen LogP contribution >= 0.6 is 11.8 Å². The van der Waals surface area contributed by atoms with Crippen molar-refractivity contribution in [2.75, 3.05) is 0 Å². The third kappa shape index (κ3) is 4.18. The molecule has 0 heterocycles. The zero-order valence-corrected chi connectivity index (χ0v) is 11.7. The predicted molar refractivity (Wildman–Crippen MR) is 74.0 cm³/mol. The first-order valence-corrected chi connectivity index (χ1v) is 7.47. The Labute approximate surface area is 120 Å². The summed E-state index contributed by atoms with van der Waals surface area (Å²) in [7, 11) is 0. The van der Waals surface area contributed by atoms with Gasteiger partial charge in [0.15, 0.2) is 0 Å². The quantitative estimate of drug-likeness (QED) is 0.840. The minimum atomic E-state index is -2.55. The highest BCUT2D eigenvalue weighted by Crippen LogP contribution is 2.28. The molecule has 0 atom stereocenters. The van der Waals surface area contributed by atoms with Crippen molar-refractivity contribution in [2.45, 2.75) is 48.5 Å². The third-order valence-corrected chi connectivity index (χ3v) is 4.17. The van der Waals surface area contributed by atoms with Gasteiger partial charge in [0.2, 0.25) is 0 Å². The van der Waals surface area contributed by atoms with Crippen LogP contribution in [-0.4, -0.2) is 28.9 Å². The Balaban J connectivity index is 2.01. The van der Waals surface area contributed by atoms with E-state index in [1.807, 2.05) is 0 Å². The number of carbonyl (C=O) groups excluding carboxylic acids is 1. The molecule has 2 rings (SSSR count). The average Bonchev–Trinajstić information content (AvgIpc) is 2.41. The molecule has 0 aliphatic heterocycles. The van der Waals surface area contributed by atoms with E-state index in [0.29, 0.717) is 24.6 Å². The summed E-state index contributed by atoms with van der Waals surface area (Å²) in [5.74, 6) is -2.87. The fraction of sp³-hybridized carbons (Fsp3) is 0.500. The van der Waals surface area contributed by atoms with Gasteiger partial charge < -0.3 is 10.4 Å². The van der Waals surface area contributed by atoms with Gasteiger partial charge in [0, 0.05) is 10.9 Å². The molecule has 0 aromatic heterocycles. The molecule has 1 aromatic carbocycles. The number of hydrogen-bond donors (Lipinski definition) is 2. The van der Waals surface area contributed by atoms with Gasteiger partial charge in [-0.15, -0.1) is 0 Å². The predicted octanol–water partition coefficient (Wildman–Crippen LogP) is 3.03. The molecule has 0 saturated heterocycles.